The molecule has 0 heterocycles. The molecule has 0 radical (unpaired) electrons. The van der Waals surface area contributed by atoms with Crippen LogP contribution < -0.4 is 16.4 Å². The Balaban J connectivity index is 2.45. The first-order chi connectivity index (χ1) is 8.90. The predicted molar refractivity (Wildman–Crippen MR) is 72.8 cm³/mol. The van der Waals surface area contributed by atoms with Crippen LogP contribution in [-0.4, -0.2) is 35.2 Å². The number of nitrogens with two attached hydrogens (primary N) is 1. The Hall–Kier alpha value is -1.30. The zero-order chi connectivity index (χ0) is 14.4. The maximum Gasteiger partial charge on any atom is 0.326 e. The van der Waals surface area contributed by atoms with Crippen molar-refractivity contribution in [1.29, 1.82) is 0 Å². The second-order valence-electron chi connectivity index (χ2n) is 5.69. The normalized spacial score (nSPS) is 24.8. The molecule has 0 aliphatic heterocycles. The number of hydrogen-bond donors (Lipinski definition) is 4. The summed E-state index contributed by atoms with van der Waals surface area (Å²) in [6.45, 7) is 3.85. The third-order valence-corrected chi connectivity index (χ3v) is 3.45. The van der Waals surface area contributed by atoms with Gasteiger partial charge in [0.1, 0.15) is 6.04 Å². The maximum absolute atomic E-state index is 11.8. The molecule has 2 amide bonds. The highest BCUT2D eigenvalue weighted by molar-refractivity contribution is 5.82. The van der Waals surface area contributed by atoms with Crippen LogP contribution in [0.3, 0.4) is 0 Å². The monoisotopic (exact) mass is 271 g/mol. The zero-order valence-corrected chi connectivity index (χ0v) is 11.7. The molecule has 3 atom stereocenters. The quantitative estimate of drug-likeness (QED) is 0.600. The molecule has 0 spiro atoms. The van der Waals surface area contributed by atoms with Crippen molar-refractivity contribution in [3.8, 4) is 0 Å². The van der Waals surface area contributed by atoms with Gasteiger partial charge in [-0.1, -0.05) is 26.7 Å². The van der Waals surface area contributed by atoms with Crippen LogP contribution in [0.15, 0.2) is 0 Å². The predicted octanol–water partition coefficient (Wildman–Crippen LogP) is 1.05. The van der Waals surface area contributed by atoms with E-state index in [0.29, 0.717) is 6.42 Å². The summed E-state index contributed by atoms with van der Waals surface area (Å²) < 4.78 is 0. The molecule has 1 fully saturated rings. The van der Waals surface area contributed by atoms with E-state index in [-0.39, 0.29) is 18.0 Å². The summed E-state index contributed by atoms with van der Waals surface area (Å²) in [7, 11) is 0. The van der Waals surface area contributed by atoms with Gasteiger partial charge in [0.2, 0.25) is 0 Å². The van der Waals surface area contributed by atoms with Gasteiger partial charge in [0.15, 0.2) is 0 Å². The molecular weight excluding hydrogens is 246 g/mol. The fraction of sp³-hybridized carbons (Fsp3) is 0.846. The van der Waals surface area contributed by atoms with Gasteiger partial charge in [-0.2, -0.15) is 0 Å². The second-order valence-corrected chi connectivity index (χ2v) is 5.69. The molecule has 19 heavy (non-hydrogen) atoms. The number of amides is 2. The minimum atomic E-state index is -1.00. The highest BCUT2D eigenvalue weighted by Gasteiger charge is 2.26. The average molecular weight is 271 g/mol. The smallest absolute Gasteiger partial charge is 0.326 e. The third-order valence-electron chi connectivity index (χ3n) is 3.45. The number of carbonyl (C=O) groups excluding carboxylic acids is 1. The summed E-state index contributed by atoms with van der Waals surface area (Å²) in [4.78, 5) is 22.9. The van der Waals surface area contributed by atoms with Crippen LogP contribution in [0.4, 0.5) is 4.79 Å². The molecule has 6 heteroatoms. The molecule has 110 valence electrons. The van der Waals surface area contributed by atoms with Gasteiger partial charge >= 0.3 is 12.0 Å². The molecule has 1 saturated carbocycles. The maximum atomic E-state index is 11.8. The van der Waals surface area contributed by atoms with E-state index >= 15 is 0 Å². The van der Waals surface area contributed by atoms with E-state index in [0.717, 1.165) is 25.7 Å². The highest BCUT2D eigenvalue weighted by atomic mass is 16.4. The van der Waals surface area contributed by atoms with Crippen molar-refractivity contribution in [2.24, 2.45) is 11.7 Å². The van der Waals surface area contributed by atoms with Crippen molar-refractivity contribution in [2.75, 3.05) is 0 Å². The number of carbonyl (C=O) groups is 2. The Morgan fingerprint density at radius 2 is 1.95 bits per heavy atom. The number of urea groups is 1. The van der Waals surface area contributed by atoms with Gasteiger partial charge in [0.05, 0.1) is 0 Å². The summed E-state index contributed by atoms with van der Waals surface area (Å²) in [5.74, 6) is -0.796. The topological polar surface area (TPSA) is 104 Å². The average Bonchev–Trinajstić information content (AvgIpc) is 2.30. The first kappa shape index (κ1) is 15.8. The van der Waals surface area contributed by atoms with E-state index in [1.165, 1.54) is 0 Å². The first-order valence-corrected chi connectivity index (χ1v) is 6.95. The lowest BCUT2D eigenvalue weighted by Crippen LogP contribution is -2.55. The van der Waals surface area contributed by atoms with Gasteiger partial charge < -0.3 is 21.5 Å². The molecular formula is C13H25N3O3. The molecule has 1 aliphatic rings. The van der Waals surface area contributed by atoms with E-state index in [4.69, 9.17) is 10.8 Å². The fourth-order valence-corrected chi connectivity index (χ4v) is 2.40. The van der Waals surface area contributed by atoms with Gasteiger partial charge in [0.25, 0.3) is 0 Å². The summed E-state index contributed by atoms with van der Waals surface area (Å²) in [5.41, 5.74) is 5.94. The number of rotatable bonds is 5. The molecule has 2 unspecified atom stereocenters. The van der Waals surface area contributed by atoms with Crippen LogP contribution in [0.2, 0.25) is 0 Å². The first-order valence-electron chi connectivity index (χ1n) is 6.95. The Morgan fingerprint density at radius 1 is 1.32 bits per heavy atom. The lowest BCUT2D eigenvalue weighted by Gasteiger charge is -2.29. The van der Waals surface area contributed by atoms with E-state index in [2.05, 4.69) is 10.6 Å². The summed E-state index contributed by atoms with van der Waals surface area (Å²) >= 11 is 0. The fourth-order valence-electron chi connectivity index (χ4n) is 2.40. The number of carboxylic acids is 1. The van der Waals surface area contributed by atoms with Crippen LogP contribution in [0, 0.1) is 5.92 Å². The lowest BCUT2D eigenvalue weighted by atomic mass is 9.91. The van der Waals surface area contributed by atoms with Crippen LogP contribution in [0.5, 0.6) is 0 Å². The van der Waals surface area contributed by atoms with E-state index in [1.54, 1.807) is 0 Å². The van der Waals surface area contributed by atoms with E-state index in [1.807, 2.05) is 13.8 Å². The molecule has 1 rings (SSSR count). The van der Waals surface area contributed by atoms with Crippen molar-refractivity contribution in [2.45, 2.75) is 64.1 Å². The van der Waals surface area contributed by atoms with Crippen molar-refractivity contribution in [3.05, 3.63) is 0 Å². The van der Waals surface area contributed by atoms with E-state index < -0.39 is 18.0 Å². The van der Waals surface area contributed by atoms with Crippen LogP contribution in [0.1, 0.15) is 46.0 Å². The zero-order valence-electron chi connectivity index (χ0n) is 11.7. The van der Waals surface area contributed by atoms with Gasteiger partial charge in [-0.05, 0) is 25.2 Å². The Morgan fingerprint density at radius 3 is 2.47 bits per heavy atom. The number of nitrogens with one attached hydrogen (secondary N) is 2. The molecule has 0 bridgehead atoms. The molecule has 0 aromatic carbocycles. The number of hydrogen-bond acceptors (Lipinski definition) is 3. The lowest BCUT2D eigenvalue weighted by molar-refractivity contribution is -0.139. The highest BCUT2D eigenvalue weighted by Crippen LogP contribution is 2.16. The minimum absolute atomic E-state index is 0.0344. The van der Waals surface area contributed by atoms with Crippen molar-refractivity contribution in [1.82, 2.24) is 10.6 Å². The van der Waals surface area contributed by atoms with E-state index in [9.17, 15) is 9.59 Å². The van der Waals surface area contributed by atoms with Crippen LogP contribution in [-0.2, 0) is 4.79 Å². The third kappa shape index (κ3) is 5.46. The van der Waals surface area contributed by atoms with Crippen molar-refractivity contribution in [3.63, 3.8) is 0 Å². The summed E-state index contributed by atoms with van der Waals surface area (Å²) in [6, 6.07) is -1.37. The molecule has 5 N–H and O–H groups in total. The SMILES string of the molecule is CC(C)C[C@H](NC(=O)NC1CCCCC1N)C(=O)O. The van der Waals surface area contributed by atoms with Gasteiger partial charge in [-0.15, -0.1) is 0 Å². The molecule has 0 saturated heterocycles. The van der Waals surface area contributed by atoms with Gasteiger partial charge in [-0.3, -0.25) is 0 Å². The summed E-state index contributed by atoms with van der Waals surface area (Å²) in [6.07, 6.45) is 4.31. The Labute approximate surface area is 114 Å². The minimum Gasteiger partial charge on any atom is -0.480 e. The molecule has 1 aliphatic carbocycles. The Bertz CT molecular complexity index is 320. The van der Waals surface area contributed by atoms with Crippen molar-refractivity contribution < 1.29 is 14.7 Å². The molecule has 6 nitrogen and oxygen atoms in total. The summed E-state index contributed by atoms with van der Waals surface area (Å²) in [5, 5.41) is 14.4. The van der Waals surface area contributed by atoms with Crippen molar-refractivity contribution >= 4 is 12.0 Å². The number of carboxylic acid groups (broad SMARTS) is 1. The van der Waals surface area contributed by atoms with Crippen LogP contribution in [0.25, 0.3) is 0 Å². The van der Waals surface area contributed by atoms with Crippen LogP contribution >= 0.6 is 0 Å². The van der Waals surface area contributed by atoms with Gasteiger partial charge in [0, 0.05) is 12.1 Å². The Kier molecular flexibility index (Phi) is 6.08. The molecule has 0 aromatic heterocycles. The van der Waals surface area contributed by atoms with Gasteiger partial charge in [-0.25, -0.2) is 9.59 Å². The largest absolute Gasteiger partial charge is 0.480 e. The number of aliphatic carboxylic acids is 1. The second kappa shape index (κ2) is 7.33. The molecule has 0 aromatic rings. The standard InChI is InChI=1S/C13H25N3O3/c1-8(2)7-11(12(17)18)16-13(19)15-10-6-4-3-5-9(10)14/h8-11H,3-7,14H2,1-2H3,(H,17,18)(H2,15,16,19)/t9?,10?,11-/m0/s1.